The first-order valence-electron chi connectivity index (χ1n) is 11.4. The van der Waals surface area contributed by atoms with Gasteiger partial charge in [-0.15, -0.1) is 0 Å². The lowest BCUT2D eigenvalue weighted by molar-refractivity contribution is -0.117. The van der Waals surface area contributed by atoms with E-state index in [1.54, 1.807) is 39.8 Å². The fourth-order valence-corrected chi connectivity index (χ4v) is 3.22. The van der Waals surface area contributed by atoms with Crippen LogP contribution in [0.4, 0.5) is 16.2 Å². The van der Waals surface area contributed by atoms with Gasteiger partial charge < -0.3 is 30.1 Å². The lowest BCUT2D eigenvalue weighted by atomic mass is 10.2. The van der Waals surface area contributed by atoms with Crippen molar-refractivity contribution in [1.29, 1.82) is 0 Å². The third-order valence-corrected chi connectivity index (χ3v) is 4.83. The minimum Gasteiger partial charge on any atom is -0.512 e. The van der Waals surface area contributed by atoms with E-state index in [0.29, 0.717) is 37.0 Å². The molecule has 0 aromatic heterocycles. The van der Waals surface area contributed by atoms with Gasteiger partial charge in [-0.05, 0) is 52.4 Å². The van der Waals surface area contributed by atoms with Gasteiger partial charge in [0, 0.05) is 25.3 Å². The van der Waals surface area contributed by atoms with Crippen molar-refractivity contribution in [2.75, 3.05) is 62.7 Å². The van der Waals surface area contributed by atoms with Crippen molar-refractivity contribution < 1.29 is 24.2 Å². The molecule has 1 aliphatic rings. The molecule has 10 heteroatoms. The number of anilines is 2. The third-order valence-electron chi connectivity index (χ3n) is 4.53. The first-order valence-corrected chi connectivity index (χ1v) is 11.8. The van der Waals surface area contributed by atoms with Gasteiger partial charge >= 0.3 is 6.09 Å². The van der Waals surface area contributed by atoms with Crippen LogP contribution >= 0.6 is 11.6 Å². The number of morpholine rings is 1. The molecule has 2 amide bonds. The Hall–Kier alpha value is -2.49. The van der Waals surface area contributed by atoms with Crippen molar-refractivity contribution in [2.45, 2.75) is 47.6 Å². The molecule has 0 spiro atoms. The predicted octanol–water partition coefficient (Wildman–Crippen LogP) is 4.68. The van der Waals surface area contributed by atoms with Crippen LogP contribution in [0.5, 0.6) is 0 Å². The Kier molecular flexibility index (Phi) is 15.1. The van der Waals surface area contributed by atoms with Crippen molar-refractivity contribution in [2.24, 2.45) is 0 Å². The fraction of sp³-hybridized carbons (Fsp3) is 0.600. The van der Waals surface area contributed by atoms with Gasteiger partial charge in [-0.25, -0.2) is 4.79 Å². The fourth-order valence-electron chi connectivity index (χ4n) is 2.92. The number of benzene rings is 1. The number of rotatable bonds is 8. The van der Waals surface area contributed by atoms with Gasteiger partial charge in [0.2, 0.25) is 5.91 Å². The molecule has 1 heterocycles. The largest absolute Gasteiger partial charge is 0.512 e. The Morgan fingerprint density at radius 3 is 2.34 bits per heavy atom. The van der Waals surface area contributed by atoms with Crippen molar-refractivity contribution in [3.8, 4) is 0 Å². The van der Waals surface area contributed by atoms with E-state index in [4.69, 9.17) is 26.2 Å². The first-order chi connectivity index (χ1) is 16.0. The van der Waals surface area contributed by atoms with Crippen LogP contribution in [0.1, 0.15) is 42.0 Å². The minimum absolute atomic E-state index is 0. The van der Waals surface area contributed by atoms with Crippen molar-refractivity contribution in [1.82, 2.24) is 10.2 Å². The van der Waals surface area contributed by atoms with Gasteiger partial charge in [-0.3, -0.25) is 9.69 Å². The molecule has 0 radical (unpaired) electrons. The van der Waals surface area contributed by atoms with Gasteiger partial charge in [0.15, 0.2) is 0 Å². The normalized spacial score (nSPS) is 13.0. The van der Waals surface area contributed by atoms with Gasteiger partial charge in [0.1, 0.15) is 12.1 Å². The van der Waals surface area contributed by atoms with Crippen LogP contribution in [0.3, 0.4) is 0 Å². The average molecular weight is 515 g/mol. The summed E-state index contributed by atoms with van der Waals surface area (Å²) in [6.45, 7) is 17.0. The van der Waals surface area contributed by atoms with Crippen molar-refractivity contribution in [3.05, 3.63) is 35.6 Å². The molecule has 1 aromatic rings. The molecule has 9 nitrogen and oxygen atoms in total. The molecule has 3 N–H and O–H groups in total. The van der Waals surface area contributed by atoms with E-state index in [9.17, 15) is 9.59 Å². The van der Waals surface area contributed by atoms with Gasteiger partial charge in [-0.2, -0.15) is 0 Å². The standard InChI is InChI=1S/C19H28ClN3O4.C5H11NO.CH4/c1-5-22(18(25)27-19(2,3)4)13-17(24)21-14-6-7-16(15(20)12-14)23-8-10-26-11-9-23;1-3-6-4-5(2)7;/h6-7,12H,5,8-11,13H2,1-4H3,(H,21,24);6-7H,2-4H2,1H3;1H4. The highest BCUT2D eigenvalue weighted by Gasteiger charge is 2.23. The summed E-state index contributed by atoms with van der Waals surface area (Å²) in [5.41, 5.74) is 0.897. The van der Waals surface area contributed by atoms with Gasteiger partial charge in [0.05, 0.1) is 36.2 Å². The molecular formula is C25H43ClN4O5. The van der Waals surface area contributed by atoms with E-state index in [2.05, 4.69) is 22.1 Å². The zero-order valence-corrected chi connectivity index (χ0v) is 21.7. The van der Waals surface area contributed by atoms with E-state index in [-0.39, 0.29) is 25.6 Å². The second-order valence-corrected chi connectivity index (χ2v) is 9.06. The highest BCUT2D eigenvalue weighted by atomic mass is 35.5. The van der Waals surface area contributed by atoms with E-state index in [0.717, 1.165) is 25.3 Å². The summed E-state index contributed by atoms with van der Waals surface area (Å²) in [4.78, 5) is 28.0. The average Bonchev–Trinajstić information content (AvgIpc) is 2.76. The molecule has 0 unspecified atom stereocenters. The molecule has 0 atom stereocenters. The molecule has 35 heavy (non-hydrogen) atoms. The molecule has 1 saturated heterocycles. The first kappa shape index (κ1) is 32.5. The summed E-state index contributed by atoms with van der Waals surface area (Å²) in [7, 11) is 0. The molecule has 200 valence electrons. The van der Waals surface area contributed by atoms with Crippen LogP contribution in [0, 0.1) is 0 Å². The van der Waals surface area contributed by atoms with Crippen LogP contribution in [0.15, 0.2) is 30.5 Å². The highest BCUT2D eigenvalue weighted by Crippen LogP contribution is 2.29. The summed E-state index contributed by atoms with van der Waals surface area (Å²) in [5.74, 6) is -0.111. The topological polar surface area (TPSA) is 103 Å². The summed E-state index contributed by atoms with van der Waals surface area (Å²) in [6.07, 6.45) is -0.513. The molecule has 1 fully saturated rings. The van der Waals surface area contributed by atoms with Gasteiger partial charge in [-0.1, -0.05) is 32.5 Å². The summed E-state index contributed by atoms with van der Waals surface area (Å²) < 4.78 is 10.7. The van der Waals surface area contributed by atoms with Crippen LogP contribution in [-0.2, 0) is 14.3 Å². The van der Waals surface area contributed by atoms with Crippen LogP contribution in [0.25, 0.3) is 0 Å². The smallest absolute Gasteiger partial charge is 0.410 e. The van der Waals surface area contributed by atoms with Gasteiger partial charge in [0.25, 0.3) is 0 Å². The number of nitrogens with one attached hydrogen (secondary N) is 2. The Morgan fingerprint density at radius 1 is 1.26 bits per heavy atom. The van der Waals surface area contributed by atoms with Crippen LogP contribution < -0.4 is 15.5 Å². The number of nitrogens with zero attached hydrogens (tertiary/aromatic N) is 2. The number of carbonyl (C=O) groups excluding carboxylic acids is 2. The number of halogens is 1. The Bertz CT molecular complexity index is 808. The molecule has 0 bridgehead atoms. The van der Waals surface area contributed by atoms with E-state index in [1.807, 2.05) is 13.0 Å². The van der Waals surface area contributed by atoms with Crippen molar-refractivity contribution in [3.63, 3.8) is 0 Å². The molecular weight excluding hydrogens is 472 g/mol. The number of likely N-dealkylation sites (N-methyl/N-ethyl adjacent to an activating group) is 2. The number of amides is 2. The zero-order chi connectivity index (χ0) is 25.7. The predicted molar refractivity (Wildman–Crippen MR) is 144 cm³/mol. The maximum Gasteiger partial charge on any atom is 0.410 e. The molecule has 2 rings (SSSR count). The number of hydrogen-bond donors (Lipinski definition) is 3. The van der Waals surface area contributed by atoms with Crippen molar-refractivity contribution >= 4 is 35.0 Å². The lowest BCUT2D eigenvalue weighted by Crippen LogP contribution is -2.41. The second-order valence-electron chi connectivity index (χ2n) is 8.65. The Balaban J connectivity index is 0.00000126. The number of aliphatic hydroxyl groups excluding tert-OH is 1. The second kappa shape index (κ2) is 16.2. The molecule has 0 aliphatic carbocycles. The molecule has 0 saturated carbocycles. The minimum atomic E-state index is -0.607. The molecule has 1 aliphatic heterocycles. The maximum absolute atomic E-state index is 12.3. The number of aliphatic hydroxyl groups is 1. The quantitative estimate of drug-likeness (QED) is 0.433. The number of ether oxygens (including phenoxy) is 2. The van der Waals surface area contributed by atoms with Crippen LogP contribution in [-0.4, -0.2) is 80.1 Å². The SMILES string of the molecule is C.C=C(O)CNCC.CCN(CC(=O)Nc1ccc(N2CCOCC2)c(Cl)c1)C(=O)OC(C)(C)C. The van der Waals surface area contributed by atoms with E-state index >= 15 is 0 Å². The maximum atomic E-state index is 12.3. The Morgan fingerprint density at radius 2 is 1.89 bits per heavy atom. The van der Waals surface area contributed by atoms with E-state index in [1.165, 1.54) is 4.90 Å². The molecule has 1 aromatic carbocycles. The van der Waals surface area contributed by atoms with Crippen LogP contribution in [0.2, 0.25) is 5.02 Å². The Labute approximate surface area is 215 Å². The summed E-state index contributed by atoms with van der Waals surface area (Å²) >= 11 is 6.38. The monoisotopic (exact) mass is 514 g/mol. The highest BCUT2D eigenvalue weighted by molar-refractivity contribution is 6.33. The number of hydrogen-bond acceptors (Lipinski definition) is 7. The third kappa shape index (κ3) is 13.2. The summed E-state index contributed by atoms with van der Waals surface area (Å²) in [6, 6.07) is 5.40. The number of carbonyl (C=O) groups is 2. The summed E-state index contributed by atoms with van der Waals surface area (Å²) in [5, 5.41) is 14.7. The lowest BCUT2D eigenvalue weighted by Gasteiger charge is -2.29. The zero-order valence-electron chi connectivity index (χ0n) is 20.9. The van der Waals surface area contributed by atoms with E-state index < -0.39 is 11.7 Å².